The molecule has 10 aromatic carbocycles. The SMILES string of the molecule is c1ccc(-c2ccc3ccc4c(-c5ccc(-c6cccc7oc8c(-c9ccccc9)cccc8c67)c6ccccc56)ccc5ccc2c3c54)cc1. The van der Waals surface area contributed by atoms with Gasteiger partial charge >= 0.3 is 0 Å². The molecule has 0 bridgehead atoms. The van der Waals surface area contributed by atoms with Crippen LogP contribution in [-0.4, -0.2) is 0 Å². The van der Waals surface area contributed by atoms with E-state index in [0.29, 0.717) is 0 Å². The van der Waals surface area contributed by atoms with E-state index >= 15 is 0 Å². The predicted octanol–water partition coefficient (Wildman–Crippen LogP) is 14.3. The molecular weight excluding hydrogens is 617 g/mol. The average molecular weight is 647 g/mol. The first-order valence-electron chi connectivity index (χ1n) is 17.6. The van der Waals surface area contributed by atoms with Crippen LogP contribution in [0.3, 0.4) is 0 Å². The summed E-state index contributed by atoms with van der Waals surface area (Å²) in [6.07, 6.45) is 0. The van der Waals surface area contributed by atoms with Crippen molar-refractivity contribution in [3.63, 3.8) is 0 Å². The summed E-state index contributed by atoms with van der Waals surface area (Å²) in [6.45, 7) is 0. The van der Waals surface area contributed by atoms with E-state index in [1.165, 1.54) is 76.5 Å². The lowest BCUT2D eigenvalue weighted by molar-refractivity contribution is 0.670. The molecule has 0 radical (unpaired) electrons. The van der Waals surface area contributed by atoms with Crippen LogP contribution in [0.15, 0.2) is 186 Å². The number of benzene rings is 10. The van der Waals surface area contributed by atoms with Crippen molar-refractivity contribution >= 4 is 65.0 Å². The van der Waals surface area contributed by atoms with Gasteiger partial charge in [0, 0.05) is 16.3 Å². The quantitative estimate of drug-likeness (QED) is 0.173. The molecule has 0 aliphatic rings. The molecule has 1 aromatic heterocycles. The standard InChI is InChI=1S/C50H30O/c1-3-11-31(12-4-1)35-25-21-33-24-28-44-40(26-22-34-23-27-43(35)47(33)48(34)44)39-29-30-41(38-16-8-7-15-37(38)39)42-18-10-20-46-49(42)45-19-9-17-36(50(45)51-46)32-13-5-2-6-14-32/h1-30H. The van der Waals surface area contributed by atoms with Crippen LogP contribution in [0.25, 0.3) is 110 Å². The van der Waals surface area contributed by atoms with Gasteiger partial charge in [0.25, 0.3) is 0 Å². The molecule has 11 aromatic rings. The zero-order chi connectivity index (χ0) is 33.5. The van der Waals surface area contributed by atoms with Crippen molar-refractivity contribution in [1.29, 1.82) is 0 Å². The van der Waals surface area contributed by atoms with Crippen LogP contribution in [0, 0.1) is 0 Å². The van der Waals surface area contributed by atoms with Gasteiger partial charge in [-0.1, -0.05) is 176 Å². The van der Waals surface area contributed by atoms with Gasteiger partial charge in [-0.3, -0.25) is 0 Å². The van der Waals surface area contributed by atoms with Gasteiger partial charge in [0.15, 0.2) is 0 Å². The summed E-state index contributed by atoms with van der Waals surface area (Å²) in [5, 5.41) is 12.5. The summed E-state index contributed by atoms with van der Waals surface area (Å²) in [5.74, 6) is 0. The Labute approximate surface area is 295 Å². The lowest BCUT2D eigenvalue weighted by atomic mass is 9.85. The van der Waals surface area contributed by atoms with E-state index in [1.807, 2.05) is 0 Å². The summed E-state index contributed by atoms with van der Waals surface area (Å²) in [6, 6.07) is 66.1. The monoisotopic (exact) mass is 646 g/mol. The summed E-state index contributed by atoms with van der Waals surface area (Å²) in [4.78, 5) is 0. The first-order chi connectivity index (χ1) is 25.3. The molecule has 0 amide bonds. The molecule has 0 atom stereocenters. The first kappa shape index (κ1) is 28.2. The van der Waals surface area contributed by atoms with Crippen LogP contribution in [-0.2, 0) is 0 Å². The third-order valence-corrected chi connectivity index (χ3v) is 10.9. The Kier molecular flexibility index (Phi) is 6.02. The number of hydrogen-bond donors (Lipinski definition) is 0. The minimum absolute atomic E-state index is 0.903. The molecule has 1 heterocycles. The van der Waals surface area contributed by atoms with E-state index in [1.54, 1.807) is 0 Å². The molecule has 0 saturated heterocycles. The summed E-state index contributed by atoms with van der Waals surface area (Å²) in [5.41, 5.74) is 11.5. The Hall–Kier alpha value is -6.70. The van der Waals surface area contributed by atoms with Gasteiger partial charge in [-0.15, -0.1) is 0 Å². The number of rotatable bonds is 4. The van der Waals surface area contributed by atoms with Crippen LogP contribution in [0.2, 0.25) is 0 Å². The lowest BCUT2D eigenvalue weighted by Crippen LogP contribution is -1.91. The normalized spacial score (nSPS) is 11.9. The number of fused-ring (bicyclic) bond motifs is 4. The molecule has 0 aliphatic carbocycles. The van der Waals surface area contributed by atoms with E-state index in [4.69, 9.17) is 4.42 Å². The maximum atomic E-state index is 6.65. The van der Waals surface area contributed by atoms with Crippen molar-refractivity contribution in [2.75, 3.05) is 0 Å². The molecule has 0 saturated carbocycles. The van der Waals surface area contributed by atoms with Gasteiger partial charge in [-0.25, -0.2) is 0 Å². The summed E-state index contributed by atoms with van der Waals surface area (Å²) in [7, 11) is 0. The molecule has 0 fully saturated rings. The molecule has 11 rings (SSSR count). The molecular formula is C50H30O. The van der Waals surface area contributed by atoms with Gasteiger partial charge in [-0.2, -0.15) is 0 Å². The largest absolute Gasteiger partial charge is 0.455 e. The number of furan rings is 1. The number of para-hydroxylation sites is 1. The fourth-order valence-electron chi connectivity index (χ4n) is 8.59. The number of hydrogen-bond acceptors (Lipinski definition) is 1. The van der Waals surface area contributed by atoms with E-state index in [0.717, 1.165) is 33.1 Å². The Morgan fingerprint density at radius 2 is 0.725 bits per heavy atom. The van der Waals surface area contributed by atoms with Crippen LogP contribution in [0.1, 0.15) is 0 Å². The van der Waals surface area contributed by atoms with E-state index in [-0.39, 0.29) is 0 Å². The predicted molar refractivity (Wildman–Crippen MR) is 217 cm³/mol. The van der Waals surface area contributed by atoms with Crippen LogP contribution < -0.4 is 0 Å². The second-order valence-corrected chi connectivity index (χ2v) is 13.6. The van der Waals surface area contributed by atoms with E-state index in [9.17, 15) is 0 Å². The molecule has 0 unspecified atom stereocenters. The van der Waals surface area contributed by atoms with Crippen LogP contribution >= 0.6 is 0 Å². The Balaban J connectivity index is 1.14. The third-order valence-electron chi connectivity index (χ3n) is 10.9. The van der Waals surface area contributed by atoms with Crippen LogP contribution in [0.4, 0.5) is 0 Å². The van der Waals surface area contributed by atoms with Gasteiger partial charge in [0.2, 0.25) is 0 Å². The third kappa shape index (κ3) is 4.16. The highest BCUT2D eigenvalue weighted by atomic mass is 16.3. The van der Waals surface area contributed by atoms with Gasteiger partial charge < -0.3 is 4.42 Å². The second kappa shape index (κ2) is 10.9. The zero-order valence-electron chi connectivity index (χ0n) is 27.7. The Morgan fingerprint density at radius 1 is 0.255 bits per heavy atom. The topological polar surface area (TPSA) is 13.1 Å². The van der Waals surface area contributed by atoms with Crippen LogP contribution in [0.5, 0.6) is 0 Å². The van der Waals surface area contributed by atoms with Crippen molar-refractivity contribution in [2.24, 2.45) is 0 Å². The minimum atomic E-state index is 0.903. The van der Waals surface area contributed by atoms with Crippen molar-refractivity contribution < 1.29 is 4.42 Å². The van der Waals surface area contributed by atoms with Crippen molar-refractivity contribution in [1.82, 2.24) is 0 Å². The summed E-state index contributed by atoms with van der Waals surface area (Å²) >= 11 is 0. The zero-order valence-corrected chi connectivity index (χ0v) is 27.7. The smallest absolute Gasteiger partial charge is 0.143 e. The average Bonchev–Trinajstić information content (AvgIpc) is 3.59. The fourth-order valence-corrected chi connectivity index (χ4v) is 8.59. The van der Waals surface area contributed by atoms with Gasteiger partial charge in [0.05, 0.1) is 0 Å². The van der Waals surface area contributed by atoms with Crippen molar-refractivity contribution in [3.8, 4) is 44.5 Å². The minimum Gasteiger partial charge on any atom is -0.455 e. The molecule has 1 heteroatoms. The molecule has 236 valence electrons. The second-order valence-electron chi connectivity index (χ2n) is 13.6. The van der Waals surface area contributed by atoms with Gasteiger partial charge in [0.1, 0.15) is 11.2 Å². The van der Waals surface area contributed by atoms with E-state index in [2.05, 4.69) is 182 Å². The van der Waals surface area contributed by atoms with Crippen molar-refractivity contribution in [2.45, 2.75) is 0 Å². The highest BCUT2D eigenvalue weighted by Gasteiger charge is 2.20. The first-order valence-corrected chi connectivity index (χ1v) is 17.6. The molecule has 1 nitrogen and oxygen atoms in total. The molecule has 51 heavy (non-hydrogen) atoms. The molecule has 0 aliphatic heterocycles. The Morgan fingerprint density at radius 3 is 1.41 bits per heavy atom. The highest BCUT2D eigenvalue weighted by molar-refractivity contribution is 6.28. The van der Waals surface area contributed by atoms with Crippen molar-refractivity contribution in [3.05, 3.63) is 182 Å². The Bertz CT molecular complexity index is 3110. The fraction of sp³-hybridized carbons (Fsp3) is 0. The lowest BCUT2D eigenvalue weighted by Gasteiger charge is -2.18. The maximum Gasteiger partial charge on any atom is 0.143 e. The molecule has 0 spiro atoms. The summed E-state index contributed by atoms with van der Waals surface area (Å²) < 4.78 is 6.65. The van der Waals surface area contributed by atoms with E-state index < -0.39 is 0 Å². The molecule has 0 N–H and O–H groups in total. The van der Waals surface area contributed by atoms with Gasteiger partial charge in [-0.05, 0) is 88.1 Å². The maximum absolute atomic E-state index is 6.65. The highest BCUT2D eigenvalue weighted by Crippen LogP contribution is 2.46.